The van der Waals surface area contributed by atoms with Gasteiger partial charge in [0.15, 0.2) is 0 Å². The van der Waals surface area contributed by atoms with E-state index in [-0.39, 0.29) is 17.5 Å². The molecule has 1 N–H and O–H groups in total. The summed E-state index contributed by atoms with van der Waals surface area (Å²) in [6, 6.07) is 14.0. The number of benzene rings is 2. The Morgan fingerprint density at radius 1 is 1.23 bits per heavy atom. The summed E-state index contributed by atoms with van der Waals surface area (Å²) in [5.74, 6) is 1.42. The molecule has 4 rings (SSSR count). The smallest absolute Gasteiger partial charge is 0.240 e. The second kappa shape index (κ2) is 6.71. The van der Waals surface area contributed by atoms with E-state index in [1.54, 1.807) is 12.1 Å². The van der Waals surface area contributed by atoms with E-state index in [0.717, 1.165) is 16.9 Å². The molecule has 1 aliphatic heterocycles. The van der Waals surface area contributed by atoms with E-state index in [0.29, 0.717) is 19.0 Å². The van der Waals surface area contributed by atoms with Gasteiger partial charge >= 0.3 is 0 Å². The molecule has 1 atom stereocenters. The van der Waals surface area contributed by atoms with Gasteiger partial charge in [-0.2, -0.15) is 0 Å². The first kappa shape index (κ1) is 17.0. The number of hydrogen-bond donors (Lipinski definition) is 1. The van der Waals surface area contributed by atoms with Crippen LogP contribution in [0, 0.1) is 0 Å². The minimum atomic E-state index is -3.62. The van der Waals surface area contributed by atoms with E-state index >= 15 is 0 Å². The van der Waals surface area contributed by atoms with Crippen LogP contribution >= 0.6 is 0 Å². The van der Waals surface area contributed by atoms with Crippen molar-refractivity contribution < 1.29 is 17.9 Å². The van der Waals surface area contributed by atoms with Crippen LogP contribution in [0.4, 0.5) is 0 Å². The molecule has 2 aromatic carbocycles. The van der Waals surface area contributed by atoms with E-state index in [9.17, 15) is 8.42 Å². The zero-order valence-electron chi connectivity index (χ0n) is 14.3. The van der Waals surface area contributed by atoms with Crippen molar-refractivity contribution in [3.05, 3.63) is 54.4 Å². The van der Waals surface area contributed by atoms with Crippen molar-refractivity contribution in [3.8, 4) is 5.75 Å². The number of imidazole rings is 1. The molecule has 0 bridgehead atoms. The summed E-state index contributed by atoms with van der Waals surface area (Å²) in [4.78, 5) is 4.77. The number of methoxy groups -OCH3 is 1. The zero-order valence-corrected chi connectivity index (χ0v) is 15.1. The molecule has 0 fully saturated rings. The maximum absolute atomic E-state index is 12.6. The summed E-state index contributed by atoms with van der Waals surface area (Å²) in [6.07, 6.45) is 0. The van der Waals surface area contributed by atoms with E-state index in [4.69, 9.17) is 9.47 Å². The fraction of sp³-hybridized carbons (Fsp3) is 0.278. The van der Waals surface area contributed by atoms with Crippen molar-refractivity contribution in [2.24, 2.45) is 0 Å². The topological polar surface area (TPSA) is 82.5 Å². The number of aromatic nitrogens is 2. The van der Waals surface area contributed by atoms with E-state index < -0.39 is 10.0 Å². The molecule has 1 aliphatic rings. The molecule has 0 spiro atoms. The first-order valence-electron chi connectivity index (χ1n) is 8.26. The monoisotopic (exact) mass is 373 g/mol. The number of rotatable bonds is 5. The fourth-order valence-corrected chi connectivity index (χ4v) is 4.23. The molecule has 26 heavy (non-hydrogen) atoms. The third kappa shape index (κ3) is 3.07. The third-order valence-electron chi connectivity index (χ3n) is 4.45. The van der Waals surface area contributed by atoms with Gasteiger partial charge in [0, 0.05) is 6.54 Å². The molecular formula is C18H19N3O4S. The second-order valence-electron chi connectivity index (χ2n) is 6.08. The maximum atomic E-state index is 12.6. The van der Waals surface area contributed by atoms with Gasteiger partial charge < -0.3 is 14.0 Å². The number of fused-ring (bicyclic) bond motifs is 3. The molecule has 0 saturated heterocycles. The highest BCUT2D eigenvalue weighted by molar-refractivity contribution is 7.89. The van der Waals surface area contributed by atoms with Crippen LogP contribution in [-0.2, 0) is 21.4 Å². The quantitative estimate of drug-likeness (QED) is 0.741. The molecule has 0 aliphatic carbocycles. The normalized spacial score (nSPS) is 17.2. The molecular weight excluding hydrogens is 354 g/mol. The number of hydrogen-bond acceptors (Lipinski definition) is 5. The Morgan fingerprint density at radius 2 is 2.00 bits per heavy atom. The molecule has 136 valence electrons. The van der Waals surface area contributed by atoms with Crippen LogP contribution in [-0.4, -0.2) is 38.2 Å². The number of nitrogens with zero attached hydrogens (tertiary/aromatic N) is 2. The van der Waals surface area contributed by atoms with Gasteiger partial charge in [0.25, 0.3) is 0 Å². The highest BCUT2D eigenvalue weighted by Crippen LogP contribution is 2.26. The van der Waals surface area contributed by atoms with Crippen molar-refractivity contribution in [1.82, 2.24) is 14.3 Å². The Balaban J connectivity index is 1.57. The summed E-state index contributed by atoms with van der Waals surface area (Å²) >= 11 is 0. The summed E-state index contributed by atoms with van der Waals surface area (Å²) in [6.45, 7) is 1.08. The molecule has 3 aromatic rings. The molecule has 0 amide bonds. The third-order valence-corrected chi connectivity index (χ3v) is 5.89. The average molecular weight is 373 g/mol. The van der Waals surface area contributed by atoms with Gasteiger partial charge in [0.1, 0.15) is 18.2 Å². The van der Waals surface area contributed by atoms with Crippen LogP contribution in [0.15, 0.2) is 53.4 Å². The lowest BCUT2D eigenvalue weighted by molar-refractivity contribution is 0.0581. The Kier molecular flexibility index (Phi) is 4.39. The molecule has 8 heteroatoms. The van der Waals surface area contributed by atoms with Gasteiger partial charge in [-0.05, 0) is 36.4 Å². The predicted molar refractivity (Wildman–Crippen MR) is 96.6 cm³/mol. The van der Waals surface area contributed by atoms with E-state index in [1.165, 1.54) is 19.2 Å². The second-order valence-corrected chi connectivity index (χ2v) is 7.85. The standard InChI is InChI=1S/C18H19N3O4S/c1-24-14-6-8-15(9-7-14)26(22,23)19-10-13-11-25-12-18-20-16-4-2-3-5-17(16)21(13)18/h2-9,13,19H,10-12H2,1H3. The van der Waals surface area contributed by atoms with Gasteiger partial charge in [-0.15, -0.1) is 0 Å². The van der Waals surface area contributed by atoms with Crippen LogP contribution in [0.3, 0.4) is 0 Å². The molecule has 0 radical (unpaired) electrons. The average Bonchev–Trinajstić information content (AvgIpc) is 3.05. The van der Waals surface area contributed by atoms with Crippen molar-refractivity contribution in [1.29, 1.82) is 0 Å². The molecule has 1 aromatic heterocycles. The Labute approximate surface area is 151 Å². The number of para-hydroxylation sites is 2. The maximum Gasteiger partial charge on any atom is 0.240 e. The van der Waals surface area contributed by atoms with Gasteiger partial charge in [-0.3, -0.25) is 0 Å². The van der Waals surface area contributed by atoms with Gasteiger partial charge in [0.2, 0.25) is 10.0 Å². The van der Waals surface area contributed by atoms with E-state index in [2.05, 4.69) is 14.3 Å². The van der Waals surface area contributed by atoms with Gasteiger partial charge in [-0.1, -0.05) is 12.1 Å². The minimum absolute atomic E-state index is 0.154. The molecule has 1 unspecified atom stereocenters. The van der Waals surface area contributed by atoms with Crippen LogP contribution in [0.5, 0.6) is 5.75 Å². The Hall–Kier alpha value is -2.42. The van der Waals surface area contributed by atoms with Gasteiger partial charge in [-0.25, -0.2) is 18.1 Å². The highest BCUT2D eigenvalue weighted by Gasteiger charge is 2.25. The lowest BCUT2D eigenvalue weighted by atomic mass is 10.2. The summed E-state index contributed by atoms with van der Waals surface area (Å²) < 4.78 is 40.6. The lowest BCUT2D eigenvalue weighted by Gasteiger charge is -2.26. The molecule has 7 nitrogen and oxygen atoms in total. The number of sulfonamides is 1. The van der Waals surface area contributed by atoms with E-state index in [1.807, 2.05) is 24.3 Å². The van der Waals surface area contributed by atoms with Crippen molar-refractivity contribution >= 4 is 21.1 Å². The van der Waals surface area contributed by atoms with Crippen LogP contribution in [0.1, 0.15) is 11.9 Å². The Bertz CT molecular complexity index is 1030. The van der Waals surface area contributed by atoms with Crippen LogP contribution in [0.25, 0.3) is 11.0 Å². The Morgan fingerprint density at radius 3 is 2.77 bits per heavy atom. The molecule has 2 heterocycles. The number of ether oxygens (including phenoxy) is 2. The van der Waals surface area contributed by atoms with Crippen molar-refractivity contribution in [2.75, 3.05) is 20.3 Å². The minimum Gasteiger partial charge on any atom is -0.497 e. The first-order valence-corrected chi connectivity index (χ1v) is 9.74. The first-order chi connectivity index (χ1) is 12.6. The fourth-order valence-electron chi connectivity index (χ4n) is 3.16. The lowest BCUT2D eigenvalue weighted by Crippen LogP contribution is -2.35. The number of nitrogens with one attached hydrogen (secondary N) is 1. The summed E-state index contributed by atoms with van der Waals surface area (Å²) in [5, 5.41) is 0. The largest absolute Gasteiger partial charge is 0.497 e. The summed E-state index contributed by atoms with van der Waals surface area (Å²) in [5.41, 5.74) is 1.87. The highest BCUT2D eigenvalue weighted by atomic mass is 32.2. The molecule has 0 saturated carbocycles. The predicted octanol–water partition coefficient (Wildman–Crippen LogP) is 2.09. The zero-order chi connectivity index (χ0) is 18.1. The van der Waals surface area contributed by atoms with Crippen molar-refractivity contribution in [2.45, 2.75) is 17.5 Å². The van der Waals surface area contributed by atoms with Crippen molar-refractivity contribution in [3.63, 3.8) is 0 Å². The van der Waals surface area contributed by atoms with Crippen LogP contribution < -0.4 is 9.46 Å². The van der Waals surface area contributed by atoms with Gasteiger partial charge in [0.05, 0.1) is 35.7 Å². The SMILES string of the molecule is COc1ccc(S(=O)(=O)NCC2COCc3nc4ccccc4n32)cc1. The summed E-state index contributed by atoms with van der Waals surface area (Å²) in [7, 11) is -2.08. The van der Waals surface area contributed by atoms with Crippen LogP contribution in [0.2, 0.25) is 0 Å².